The minimum absolute atomic E-state index is 0. The fourth-order valence-corrected chi connectivity index (χ4v) is 4.50. The number of benzene rings is 2. The topological polar surface area (TPSA) is 63.4 Å². The molecule has 1 aliphatic rings. The largest absolute Gasteiger partial charge is 0.327 e. The van der Waals surface area contributed by atoms with Crippen molar-refractivity contribution in [3.8, 4) is 0 Å². The number of nitrogens with two attached hydrogens (primary N) is 1. The van der Waals surface area contributed by atoms with Crippen LogP contribution in [0.25, 0.3) is 10.8 Å². The predicted molar refractivity (Wildman–Crippen MR) is 87.2 cm³/mol. The maximum absolute atomic E-state index is 12.8. The number of nitrogens with zero attached hydrogens (tertiary/aromatic N) is 1. The van der Waals surface area contributed by atoms with E-state index in [9.17, 15) is 8.42 Å². The first-order valence-corrected chi connectivity index (χ1v) is 8.26. The molecule has 1 aliphatic heterocycles. The van der Waals surface area contributed by atoms with Crippen molar-refractivity contribution in [1.29, 1.82) is 0 Å². The van der Waals surface area contributed by atoms with E-state index in [0.717, 1.165) is 23.6 Å². The summed E-state index contributed by atoms with van der Waals surface area (Å²) in [5, 5.41) is 1.71. The Labute approximate surface area is 131 Å². The zero-order valence-electron chi connectivity index (χ0n) is 11.6. The molecule has 1 saturated heterocycles. The molecule has 4 nitrogen and oxygen atoms in total. The monoisotopic (exact) mass is 326 g/mol. The molecule has 1 heterocycles. The molecular weight excluding hydrogens is 308 g/mol. The summed E-state index contributed by atoms with van der Waals surface area (Å²) < 4.78 is 27.2. The highest BCUT2D eigenvalue weighted by Gasteiger charge is 2.29. The lowest BCUT2D eigenvalue weighted by molar-refractivity contribution is 0.316. The zero-order chi connectivity index (χ0) is 14.2. The van der Waals surface area contributed by atoms with Gasteiger partial charge in [-0.2, -0.15) is 4.31 Å². The van der Waals surface area contributed by atoms with Gasteiger partial charge in [0.1, 0.15) is 0 Å². The smallest absolute Gasteiger partial charge is 0.243 e. The second kappa shape index (κ2) is 6.32. The highest BCUT2D eigenvalue weighted by atomic mass is 35.5. The number of sulfonamides is 1. The Balaban J connectivity index is 0.00000161. The van der Waals surface area contributed by atoms with E-state index < -0.39 is 10.0 Å². The maximum Gasteiger partial charge on any atom is 0.243 e. The second-order valence-corrected chi connectivity index (χ2v) is 7.15. The third-order valence-electron chi connectivity index (χ3n) is 3.79. The Morgan fingerprint density at radius 1 is 1.10 bits per heavy atom. The molecule has 2 aromatic carbocycles. The number of fused-ring (bicyclic) bond motifs is 1. The molecule has 0 aliphatic carbocycles. The maximum atomic E-state index is 12.8. The third-order valence-corrected chi connectivity index (χ3v) is 5.71. The van der Waals surface area contributed by atoms with E-state index in [-0.39, 0.29) is 18.4 Å². The van der Waals surface area contributed by atoms with Crippen molar-refractivity contribution >= 4 is 33.2 Å². The lowest BCUT2D eigenvalue weighted by Gasteiger charge is -2.30. The van der Waals surface area contributed by atoms with Gasteiger partial charge >= 0.3 is 0 Å². The van der Waals surface area contributed by atoms with E-state index in [4.69, 9.17) is 5.73 Å². The van der Waals surface area contributed by atoms with Gasteiger partial charge in [-0.05, 0) is 24.3 Å². The van der Waals surface area contributed by atoms with Crippen molar-refractivity contribution in [3.05, 3.63) is 42.5 Å². The molecule has 1 atom stereocenters. The first-order valence-electron chi connectivity index (χ1n) is 6.82. The van der Waals surface area contributed by atoms with Crippen molar-refractivity contribution in [3.63, 3.8) is 0 Å². The quantitative estimate of drug-likeness (QED) is 0.921. The molecule has 0 spiro atoms. The lowest BCUT2D eigenvalue weighted by atomic mass is 10.1. The molecular formula is C15H19ClN2O2S. The fourth-order valence-electron chi connectivity index (χ4n) is 2.75. The van der Waals surface area contributed by atoms with E-state index in [0.29, 0.717) is 18.0 Å². The minimum atomic E-state index is -3.47. The van der Waals surface area contributed by atoms with Crippen molar-refractivity contribution in [2.75, 3.05) is 13.1 Å². The van der Waals surface area contributed by atoms with Gasteiger partial charge in [0.25, 0.3) is 0 Å². The Hall–Kier alpha value is -1.14. The number of hydrogen-bond donors (Lipinski definition) is 1. The van der Waals surface area contributed by atoms with E-state index in [1.807, 2.05) is 30.3 Å². The molecule has 0 bridgehead atoms. The molecule has 1 fully saturated rings. The fraction of sp³-hybridized carbons (Fsp3) is 0.333. The summed E-state index contributed by atoms with van der Waals surface area (Å²) in [7, 11) is -3.47. The van der Waals surface area contributed by atoms with Crippen LogP contribution in [0.4, 0.5) is 0 Å². The molecule has 0 aromatic heterocycles. The molecule has 2 N–H and O–H groups in total. The van der Waals surface area contributed by atoms with Crippen molar-refractivity contribution in [2.24, 2.45) is 5.73 Å². The van der Waals surface area contributed by atoms with Crippen LogP contribution in [-0.4, -0.2) is 31.9 Å². The Morgan fingerprint density at radius 2 is 1.81 bits per heavy atom. The number of hydrogen-bond acceptors (Lipinski definition) is 3. The molecule has 3 rings (SSSR count). The summed E-state index contributed by atoms with van der Waals surface area (Å²) in [6.45, 7) is 0.963. The first-order chi connectivity index (χ1) is 9.59. The third kappa shape index (κ3) is 3.06. The molecule has 6 heteroatoms. The van der Waals surface area contributed by atoms with Crippen LogP contribution in [0, 0.1) is 0 Å². The summed E-state index contributed by atoms with van der Waals surface area (Å²) in [6, 6.07) is 12.9. The average Bonchev–Trinajstić information content (AvgIpc) is 2.46. The van der Waals surface area contributed by atoms with Gasteiger partial charge in [-0.15, -0.1) is 12.4 Å². The predicted octanol–water partition coefficient (Wildman–Crippen LogP) is 2.37. The highest BCUT2D eigenvalue weighted by molar-refractivity contribution is 7.89. The first kappa shape index (κ1) is 16.2. The van der Waals surface area contributed by atoms with Crippen LogP contribution in [0.5, 0.6) is 0 Å². The van der Waals surface area contributed by atoms with E-state index in [2.05, 4.69) is 0 Å². The SMILES string of the molecule is Cl.N[C@@H]1CCCN(S(=O)(=O)c2cccc3ccccc23)C1. The molecule has 0 saturated carbocycles. The summed E-state index contributed by atoms with van der Waals surface area (Å²) in [4.78, 5) is 0.379. The second-order valence-electron chi connectivity index (χ2n) is 5.24. The minimum Gasteiger partial charge on any atom is -0.327 e. The van der Waals surface area contributed by atoms with Crippen LogP contribution in [-0.2, 0) is 10.0 Å². The molecule has 0 unspecified atom stereocenters. The van der Waals surface area contributed by atoms with E-state index in [1.54, 1.807) is 12.1 Å². The number of rotatable bonds is 2. The lowest BCUT2D eigenvalue weighted by Crippen LogP contribution is -2.45. The van der Waals surface area contributed by atoms with Gasteiger partial charge in [0.2, 0.25) is 10.0 Å². The highest BCUT2D eigenvalue weighted by Crippen LogP contribution is 2.27. The van der Waals surface area contributed by atoms with E-state index >= 15 is 0 Å². The van der Waals surface area contributed by atoms with Crippen molar-refractivity contribution in [1.82, 2.24) is 4.31 Å². The van der Waals surface area contributed by atoms with Crippen LogP contribution in [0.15, 0.2) is 47.4 Å². The van der Waals surface area contributed by atoms with Gasteiger partial charge in [-0.1, -0.05) is 36.4 Å². The Kier molecular flexibility index (Phi) is 4.88. The molecule has 0 radical (unpaired) electrons. The summed E-state index contributed by atoms with van der Waals surface area (Å²) >= 11 is 0. The van der Waals surface area contributed by atoms with Crippen LogP contribution < -0.4 is 5.73 Å². The average molecular weight is 327 g/mol. The zero-order valence-corrected chi connectivity index (χ0v) is 13.2. The van der Waals surface area contributed by atoms with Gasteiger partial charge < -0.3 is 5.73 Å². The van der Waals surface area contributed by atoms with Crippen LogP contribution in [0.2, 0.25) is 0 Å². The van der Waals surface area contributed by atoms with Crippen molar-refractivity contribution < 1.29 is 8.42 Å². The van der Waals surface area contributed by atoms with Gasteiger partial charge in [-0.3, -0.25) is 0 Å². The molecule has 21 heavy (non-hydrogen) atoms. The summed E-state index contributed by atoms with van der Waals surface area (Å²) in [5.74, 6) is 0. The summed E-state index contributed by atoms with van der Waals surface area (Å²) in [5.41, 5.74) is 5.91. The van der Waals surface area contributed by atoms with Crippen molar-refractivity contribution in [2.45, 2.75) is 23.8 Å². The van der Waals surface area contributed by atoms with E-state index in [1.165, 1.54) is 4.31 Å². The molecule has 0 amide bonds. The van der Waals surface area contributed by atoms with Crippen LogP contribution in [0.3, 0.4) is 0 Å². The van der Waals surface area contributed by atoms with Gasteiger partial charge in [0.15, 0.2) is 0 Å². The van der Waals surface area contributed by atoms with Gasteiger partial charge in [0, 0.05) is 24.5 Å². The molecule has 2 aromatic rings. The number of piperidine rings is 1. The van der Waals surface area contributed by atoms with Crippen LogP contribution in [0.1, 0.15) is 12.8 Å². The van der Waals surface area contributed by atoms with Gasteiger partial charge in [-0.25, -0.2) is 8.42 Å². The summed E-state index contributed by atoms with van der Waals surface area (Å²) in [6.07, 6.45) is 1.72. The Morgan fingerprint density at radius 3 is 2.57 bits per heavy atom. The normalized spacial score (nSPS) is 20.1. The molecule has 114 valence electrons. The van der Waals surface area contributed by atoms with Crippen LogP contribution >= 0.6 is 12.4 Å². The Bertz CT molecular complexity index is 728. The van der Waals surface area contributed by atoms with Gasteiger partial charge in [0.05, 0.1) is 4.90 Å². The number of halogens is 1. The standard InChI is InChI=1S/C15H18N2O2S.ClH/c16-13-7-4-10-17(11-13)20(18,19)15-9-3-6-12-5-1-2-8-14(12)15;/h1-3,5-6,8-9,13H,4,7,10-11,16H2;1H/t13-;/m1./s1.